The molecular weight excluding hydrogens is 322 g/mol. The number of likely N-dealkylation sites (tertiary alicyclic amines) is 1. The number of fused-ring (bicyclic) bond motifs is 1. The molecule has 0 N–H and O–H groups in total. The van der Waals surface area contributed by atoms with Crippen LogP contribution in [0.4, 0.5) is 0 Å². The largest absolute Gasteiger partial charge is 0.274 e. The SMILES string of the molecule is CC1(C)C(=O)N(C(=O)c2ccccc2)C1(C)c1cccc2ccccc12. The zero-order chi connectivity index (χ0) is 18.5. The van der Waals surface area contributed by atoms with E-state index in [9.17, 15) is 9.59 Å². The molecule has 0 aliphatic carbocycles. The zero-order valence-electron chi connectivity index (χ0n) is 15.2. The number of carbonyl (C=O) groups is 2. The molecule has 1 heterocycles. The maximum absolute atomic E-state index is 13.2. The second kappa shape index (κ2) is 5.53. The average molecular weight is 343 g/mol. The molecule has 1 saturated heterocycles. The number of hydrogen-bond acceptors (Lipinski definition) is 2. The molecule has 1 unspecified atom stereocenters. The molecule has 3 nitrogen and oxygen atoms in total. The van der Waals surface area contributed by atoms with Gasteiger partial charge in [-0.25, -0.2) is 0 Å². The molecular formula is C23H21NO2. The molecule has 0 aromatic heterocycles. The Morgan fingerprint density at radius 3 is 2.15 bits per heavy atom. The molecule has 1 fully saturated rings. The lowest BCUT2D eigenvalue weighted by Gasteiger charge is -2.60. The van der Waals surface area contributed by atoms with E-state index < -0.39 is 11.0 Å². The standard InChI is InChI=1S/C23H21NO2/c1-22(2)21(26)24(20(25)17-11-5-4-6-12-17)23(22,3)19-15-9-13-16-10-7-8-14-18(16)19/h4-15H,1-3H3. The molecule has 1 atom stereocenters. The first kappa shape index (κ1) is 16.5. The van der Waals surface area contributed by atoms with Gasteiger partial charge in [-0.1, -0.05) is 60.7 Å². The Morgan fingerprint density at radius 1 is 0.808 bits per heavy atom. The first-order valence-corrected chi connectivity index (χ1v) is 8.81. The van der Waals surface area contributed by atoms with Crippen LogP contribution in [0.5, 0.6) is 0 Å². The van der Waals surface area contributed by atoms with Gasteiger partial charge in [-0.2, -0.15) is 0 Å². The molecule has 1 aliphatic heterocycles. The second-order valence-corrected chi connectivity index (χ2v) is 7.54. The van der Waals surface area contributed by atoms with Crippen LogP contribution in [-0.2, 0) is 10.3 Å². The predicted molar refractivity (Wildman–Crippen MR) is 103 cm³/mol. The summed E-state index contributed by atoms with van der Waals surface area (Å²) in [4.78, 5) is 27.5. The molecule has 4 rings (SSSR count). The van der Waals surface area contributed by atoms with Crippen LogP contribution < -0.4 is 0 Å². The number of rotatable bonds is 2. The van der Waals surface area contributed by atoms with Crippen LogP contribution in [0.3, 0.4) is 0 Å². The highest BCUT2D eigenvalue weighted by Gasteiger charge is 2.66. The van der Waals surface area contributed by atoms with Gasteiger partial charge < -0.3 is 0 Å². The molecule has 3 heteroatoms. The van der Waals surface area contributed by atoms with E-state index in [1.54, 1.807) is 12.1 Å². The van der Waals surface area contributed by atoms with Crippen LogP contribution in [0.1, 0.15) is 36.7 Å². The summed E-state index contributed by atoms with van der Waals surface area (Å²) in [6.45, 7) is 5.84. The summed E-state index contributed by atoms with van der Waals surface area (Å²) in [5.41, 5.74) is 0.159. The summed E-state index contributed by atoms with van der Waals surface area (Å²) < 4.78 is 0. The van der Waals surface area contributed by atoms with E-state index in [0.29, 0.717) is 5.56 Å². The molecule has 26 heavy (non-hydrogen) atoms. The zero-order valence-corrected chi connectivity index (χ0v) is 15.2. The van der Waals surface area contributed by atoms with Crippen LogP contribution in [-0.4, -0.2) is 16.7 Å². The van der Waals surface area contributed by atoms with Crippen LogP contribution in [0.2, 0.25) is 0 Å². The van der Waals surface area contributed by atoms with Crippen molar-refractivity contribution in [3.8, 4) is 0 Å². The van der Waals surface area contributed by atoms with Crippen molar-refractivity contribution in [3.05, 3.63) is 83.9 Å². The van der Waals surface area contributed by atoms with E-state index in [1.807, 2.05) is 63.2 Å². The van der Waals surface area contributed by atoms with Crippen LogP contribution in [0.15, 0.2) is 72.8 Å². The number of amides is 2. The Labute approximate surface area is 153 Å². The molecule has 0 spiro atoms. The number of β-lactam (4-membered cyclic amide) rings is 1. The van der Waals surface area contributed by atoms with Gasteiger partial charge in [0.15, 0.2) is 0 Å². The summed E-state index contributed by atoms with van der Waals surface area (Å²) in [6.07, 6.45) is 0. The molecule has 0 saturated carbocycles. The highest BCUT2D eigenvalue weighted by Crippen LogP contribution is 2.56. The minimum absolute atomic E-state index is 0.137. The van der Waals surface area contributed by atoms with Gasteiger partial charge in [-0.05, 0) is 49.2 Å². The smallest absolute Gasteiger partial charge is 0.261 e. The number of hydrogen-bond donors (Lipinski definition) is 0. The summed E-state index contributed by atoms with van der Waals surface area (Å²) in [6, 6.07) is 23.2. The highest BCUT2D eigenvalue weighted by atomic mass is 16.2. The van der Waals surface area contributed by atoms with E-state index in [2.05, 4.69) is 18.2 Å². The Balaban J connectivity index is 1.91. The van der Waals surface area contributed by atoms with Gasteiger partial charge >= 0.3 is 0 Å². The monoisotopic (exact) mass is 343 g/mol. The quantitative estimate of drug-likeness (QED) is 0.497. The van der Waals surface area contributed by atoms with Crippen molar-refractivity contribution in [3.63, 3.8) is 0 Å². The second-order valence-electron chi connectivity index (χ2n) is 7.54. The molecule has 3 aromatic rings. The van der Waals surface area contributed by atoms with Crippen LogP contribution in [0, 0.1) is 5.41 Å². The van der Waals surface area contributed by atoms with E-state index in [1.165, 1.54) is 4.90 Å². The third kappa shape index (κ3) is 2.00. The Bertz CT molecular complexity index is 1020. The number of imide groups is 1. The molecule has 130 valence electrons. The van der Waals surface area contributed by atoms with Crippen molar-refractivity contribution in [2.24, 2.45) is 5.41 Å². The molecule has 0 radical (unpaired) electrons. The van der Waals surface area contributed by atoms with Crippen molar-refractivity contribution in [2.45, 2.75) is 26.3 Å². The van der Waals surface area contributed by atoms with Crippen LogP contribution in [0.25, 0.3) is 10.8 Å². The topological polar surface area (TPSA) is 37.4 Å². The lowest BCUT2D eigenvalue weighted by Crippen LogP contribution is -2.73. The predicted octanol–water partition coefficient (Wildman–Crippen LogP) is 4.76. The molecule has 3 aromatic carbocycles. The van der Waals surface area contributed by atoms with E-state index >= 15 is 0 Å². The summed E-state index contributed by atoms with van der Waals surface area (Å²) >= 11 is 0. The first-order valence-electron chi connectivity index (χ1n) is 8.81. The van der Waals surface area contributed by atoms with E-state index in [0.717, 1.165) is 16.3 Å². The summed E-state index contributed by atoms with van der Waals surface area (Å²) in [7, 11) is 0. The summed E-state index contributed by atoms with van der Waals surface area (Å²) in [5, 5.41) is 2.18. The van der Waals surface area contributed by atoms with E-state index in [4.69, 9.17) is 0 Å². The number of nitrogens with zero attached hydrogens (tertiary/aromatic N) is 1. The van der Waals surface area contributed by atoms with Gasteiger partial charge in [-0.15, -0.1) is 0 Å². The molecule has 1 aliphatic rings. The fourth-order valence-corrected chi connectivity index (χ4v) is 4.03. The minimum atomic E-state index is -0.710. The first-order chi connectivity index (χ1) is 12.4. The average Bonchev–Trinajstić information content (AvgIpc) is 2.68. The summed E-state index contributed by atoms with van der Waals surface area (Å²) in [5.74, 6) is -0.382. The Morgan fingerprint density at radius 2 is 1.42 bits per heavy atom. The van der Waals surface area contributed by atoms with Gasteiger partial charge in [0.25, 0.3) is 5.91 Å². The highest BCUT2D eigenvalue weighted by molar-refractivity contribution is 6.12. The normalized spacial score (nSPS) is 21.5. The van der Waals surface area contributed by atoms with Crippen molar-refractivity contribution in [1.82, 2.24) is 4.90 Å². The number of benzene rings is 3. The fraction of sp³-hybridized carbons (Fsp3) is 0.217. The third-order valence-electron chi connectivity index (χ3n) is 5.94. The van der Waals surface area contributed by atoms with Gasteiger partial charge in [0.1, 0.15) is 0 Å². The van der Waals surface area contributed by atoms with Gasteiger partial charge in [-0.3, -0.25) is 14.5 Å². The lowest BCUT2D eigenvalue weighted by atomic mass is 9.59. The fourth-order valence-electron chi connectivity index (χ4n) is 4.03. The third-order valence-corrected chi connectivity index (χ3v) is 5.94. The van der Waals surface area contributed by atoms with Gasteiger partial charge in [0, 0.05) is 5.56 Å². The van der Waals surface area contributed by atoms with Crippen LogP contribution >= 0.6 is 0 Å². The Kier molecular flexibility index (Phi) is 3.52. The number of carbonyl (C=O) groups excluding carboxylic acids is 2. The van der Waals surface area contributed by atoms with Crippen molar-refractivity contribution in [1.29, 1.82) is 0 Å². The molecule has 2 amide bonds. The van der Waals surface area contributed by atoms with Crippen molar-refractivity contribution < 1.29 is 9.59 Å². The maximum atomic E-state index is 13.2. The minimum Gasteiger partial charge on any atom is -0.274 e. The van der Waals surface area contributed by atoms with Gasteiger partial charge in [0.05, 0.1) is 11.0 Å². The Hall–Kier alpha value is -2.94. The lowest BCUT2D eigenvalue weighted by molar-refractivity contribution is -0.177. The van der Waals surface area contributed by atoms with Crippen molar-refractivity contribution in [2.75, 3.05) is 0 Å². The van der Waals surface area contributed by atoms with E-state index in [-0.39, 0.29) is 11.8 Å². The maximum Gasteiger partial charge on any atom is 0.261 e. The van der Waals surface area contributed by atoms with Gasteiger partial charge in [0.2, 0.25) is 5.91 Å². The van der Waals surface area contributed by atoms with Crippen molar-refractivity contribution >= 4 is 22.6 Å². The molecule has 0 bridgehead atoms.